The molecule has 1 heterocycles. The van der Waals surface area contributed by atoms with Crippen molar-refractivity contribution in [2.45, 2.75) is 6.92 Å². The third-order valence-corrected chi connectivity index (χ3v) is 2.35. The lowest BCUT2D eigenvalue weighted by Gasteiger charge is -2.08. The predicted octanol–water partition coefficient (Wildman–Crippen LogP) is 2.59. The van der Waals surface area contributed by atoms with Crippen LogP contribution >= 0.6 is 0 Å². The predicted molar refractivity (Wildman–Crippen MR) is 73.6 cm³/mol. The van der Waals surface area contributed by atoms with Crippen LogP contribution in [0.1, 0.15) is 6.92 Å². The Bertz CT molecular complexity index is 516. The smallest absolute Gasteiger partial charge is 0.155 e. The number of benzene rings is 1. The van der Waals surface area contributed by atoms with E-state index in [1.165, 1.54) is 6.33 Å². The maximum absolute atomic E-state index is 5.10. The minimum atomic E-state index is 0.561. The molecule has 100 valence electrons. The summed E-state index contributed by atoms with van der Waals surface area (Å²) in [6.07, 6.45) is 1.47. The molecule has 0 fully saturated rings. The summed E-state index contributed by atoms with van der Waals surface area (Å²) in [6, 6.07) is 9.35. The fraction of sp³-hybridized carbons (Fsp3) is 0.231. The Morgan fingerprint density at radius 1 is 1.11 bits per heavy atom. The zero-order valence-corrected chi connectivity index (χ0v) is 10.9. The van der Waals surface area contributed by atoms with Gasteiger partial charge in [0.2, 0.25) is 0 Å². The van der Waals surface area contributed by atoms with E-state index in [1.807, 2.05) is 31.2 Å². The standard InChI is InChI=1S/C13H16N4O2/c1-3-19-17-13-8-12(14-9-15-13)16-10-4-6-11(18-2)7-5-10/h4-9H,3H2,1-2H3,(H2,14,15,16,17). The van der Waals surface area contributed by atoms with Gasteiger partial charge in [0.25, 0.3) is 0 Å². The minimum Gasteiger partial charge on any atom is -0.497 e. The molecule has 6 heteroatoms. The van der Waals surface area contributed by atoms with Crippen LogP contribution in [0.3, 0.4) is 0 Å². The van der Waals surface area contributed by atoms with Crippen molar-refractivity contribution in [3.8, 4) is 5.75 Å². The lowest BCUT2D eigenvalue weighted by molar-refractivity contribution is 0.209. The van der Waals surface area contributed by atoms with Crippen molar-refractivity contribution in [2.24, 2.45) is 0 Å². The van der Waals surface area contributed by atoms with Crippen LogP contribution in [0.4, 0.5) is 17.3 Å². The maximum atomic E-state index is 5.10. The first-order valence-electron chi connectivity index (χ1n) is 5.92. The molecule has 0 saturated heterocycles. The zero-order chi connectivity index (χ0) is 13.5. The Kier molecular flexibility index (Phi) is 4.52. The highest BCUT2D eigenvalue weighted by Gasteiger charge is 2.00. The molecule has 0 bridgehead atoms. The van der Waals surface area contributed by atoms with Crippen molar-refractivity contribution >= 4 is 17.3 Å². The number of nitrogens with one attached hydrogen (secondary N) is 2. The number of nitrogens with zero attached hydrogens (tertiary/aromatic N) is 2. The minimum absolute atomic E-state index is 0.561. The largest absolute Gasteiger partial charge is 0.497 e. The molecule has 2 aromatic rings. The first kappa shape index (κ1) is 13.1. The van der Waals surface area contributed by atoms with Gasteiger partial charge in [0.05, 0.1) is 13.7 Å². The Hall–Kier alpha value is -2.34. The van der Waals surface area contributed by atoms with E-state index in [1.54, 1.807) is 13.2 Å². The lowest BCUT2D eigenvalue weighted by atomic mass is 10.3. The third kappa shape index (κ3) is 3.82. The van der Waals surface area contributed by atoms with E-state index in [9.17, 15) is 0 Å². The van der Waals surface area contributed by atoms with E-state index in [-0.39, 0.29) is 0 Å². The first-order chi connectivity index (χ1) is 9.31. The SMILES string of the molecule is CCONc1cc(Nc2ccc(OC)cc2)ncn1. The van der Waals surface area contributed by atoms with Crippen LogP contribution in [0, 0.1) is 0 Å². The molecule has 0 aliphatic rings. The van der Waals surface area contributed by atoms with Gasteiger partial charge < -0.3 is 10.1 Å². The molecule has 0 radical (unpaired) electrons. The highest BCUT2D eigenvalue weighted by atomic mass is 16.6. The van der Waals surface area contributed by atoms with Crippen LogP contribution in [0.15, 0.2) is 36.7 Å². The number of anilines is 3. The van der Waals surface area contributed by atoms with E-state index in [2.05, 4.69) is 20.8 Å². The molecule has 0 aliphatic carbocycles. The highest BCUT2D eigenvalue weighted by Crippen LogP contribution is 2.19. The molecular formula is C13H16N4O2. The van der Waals surface area contributed by atoms with E-state index in [4.69, 9.17) is 9.57 Å². The summed E-state index contributed by atoms with van der Waals surface area (Å²) < 4.78 is 5.10. The van der Waals surface area contributed by atoms with Crippen LogP contribution in [0.5, 0.6) is 5.75 Å². The highest BCUT2D eigenvalue weighted by molar-refractivity contribution is 5.59. The molecule has 0 unspecified atom stereocenters. The Labute approximate surface area is 111 Å². The summed E-state index contributed by atoms with van der Waals surface area (Å²) in [6.45, 7) is 2.45. The van der Waals surface area contributed by atoms with Crippen LogP contribution in [-0.4, -0.2) is 23.7 Å². The van der Waals surface area contributed by atoms with Crippen LogP contribution in [-0.2, 0) is 4.84 Å². The van der Waals surface area contributed by atoms with Gasteiger partial charge in [-0.1, -0.05) is 0 Å². The van der Waals surface area contributed by atoms with Crippen molar-refractivity contribution in [1.29, 1.82) is 0 Å². The van der Waals surface area contributed by atoms with Gasteiger partial charge in [-0.25, -0.2) is 15.4 Å². The molecule has 6 nitrogen and oxygen atoms in total. The first-order valence-corrected chi connectivity index (χ1v) is 5.92. The van der Waals surface area contributed by atoms with Gasteiger partial charge in [0, 0.05) is 11.8 Å². The second-order valence-electron chi connectivity index (χ2n) is 3.68. The second-order valence-corrected chi connectivity index (χ2v) is 3.68. The Morgan fingerprint density at radius 2 is 1.84 bits per heavy atom. The number of rotatable bonds is 6. The molecule has 1 aromatic heterocycles. The van der Waals surface area contributed by atoms with E-state index < -0.39 is 0 Å². The van der Waals surface area contributed by atoms with E-state index >= 15 is 0 Å². The summed E-state index contributed by atoms with van der Waals surface area (Å²) in [5, 5.41) is 3.17. The number of methoxy groups -OCH3 is 1. The Morgan fingerprint density at radius 3 is 2.53 bits per heavy atom. The molecule has 2 rings (SSSR count). The second kappa shape index (κ2) is 6.55. The molecule has 0 atom stereocenters. The quantitative estimate of drug-likeness (QED) is 0.778. The number of aromatic nitrogens is 2. The van der Waals surface area contributed by atoms with Crippen LogP contribution in [0.25, 0.3) is 0 Å². The van der Waals surface area contributed by atoms with Crippen LogP contribution < -0.4 is 15.5 Å². The zero-order valence-electron chi connectivity index (χ0n) is 10.9. The van der Waals surface area contributed by atoms with Crippen LogP contribution in [0.2, 0.25) is 0 Å². The summed E-state index contributed by atoms with van der Waals surface area (Å²) in [5.41, 5.74) is 3.65. The summed E-state index contributed by atoms with van der Waals surface area (Å²) in [7, 11) is 1.64. The average Bonchev–Trinajstić information content (AvgIpc) is 2.46. The van der Waals surface area contributed by atoms with Crippen molar-refractivity contribution in [3.05, 3.63) is 36.7 Å². The Balaban J connectivity index is 2.05. The number of hydrogen-bond acceptors (Lipinski definition) is 6. The van der Waals surface area contributed by atoms with Gasteiger partial charge in [-0.3, -0.25) is 4.84 Å². The van der Waals surface area contributed by atoms with Gasteiger partial charge >= 0.3 is 0 Å². The fourth-order valence-electron chi connectivity index (χ4n) is 1.45. The summed E-state index contributed by atoms with van der Waals surface area (Å²) in [4.78, 5) is 13.2. The summed E-state index contributed by atoms with van der Waals surface area (Å²) >= 11 is 0. The third-order valence-electron chi connectivity index (χ3n) is 2.35. The van der Waals surface area contributed by atoms with Gasteiger partial charge in [-0.15, -0.1) is 0 Å². The monoisotopic (exact) mass is 260 g/mol. The van der Waals surface area contributed by atoms with Crippen molar-refractivity contribution in [2.75, 3.05) is 24.5 Å². The van der Waals surface area contributed by atoms with Crippen molar-refractivity contribution in [3.63, 3.8) is 0 Å². The average molecular weight is 260 g/mol. The van der Waals surface area contributed by atoms with E-state index in [0.717, 1.165) is 11.4 Å². The fourth-order valence-corrected chi connectivity index (χ4v) is 1.45. The summed E-state index contributed by atoms with van der Waals surface area (Å²) in [5.74, 6) is 2.10. The lowest BCUT2D eigenvalue weighted by Crippen LogP contribution is -2.03. The molecule has 0 aliphatic heterocycles. The maximum Gasteiger partial charge on any atom is 0.155 e. The molecule has 0 amide bonds. The van der Waals surface area contributed by atoms with E-state index in [0.29, 0.717) is 18.2 Å². The topological polar surface area (TPSA) is 68.3 Å². The van der Waals surface area contributed by atoms with Gasteiger partial charge in [0.1, 0.15) is 17.9 Å². The molecule has 2 N–H and O–H groups in total. The molecule has 1 aromatic carbocycles. The molecule has 0 spiro atoms. The van der Waals surface area contributed by atoms with Crippen molar-refractivity contribution in [1.82, 2.24) is 9.97 Å². The molecule has 0 saturated carbocycles. The number of ether oxygens (including phenoxy) is 1. The van der Waals surface area contributed by atoms with Gasteiger partial charge in [0.15, 0.2) is 5.82 Å². The van der Waals surface area contributed by atoms with Gasteiger partial charge in [-0.2, -0.15) is 0 Å². The number of hydrogen-bond donors (Lipinski definition) is 2. The van der Waals surface area contributed by atoms with Crippen molar-refractivity contribution < 1.29 is 9.57 Å². The normalized spacial score (nSPS) is 10.0. The van der Waals surface area contributed by atoms with Gasteiger partial charge in [-0.05, 0) is 31.2 Å². The molecular weight excluding hydrogens is 244 g/mol. The molecule has 19 heavy (non-hydrogen) atoms.